The van der Waals surface area contributed by atoms with Crippen LogP contribution in [-0.2, 0) is 16.1 Å². The number of piperidine rings is 1. The summed E-state index contributed by atoms with van der Waals surface area (Å²) < 4.78 is 1.60. The average molecular weight is 429 g/mol. The zero-order chi connectivity index (χ0) is 22.1. The fraction of sp³-hybridized carbons (Fsp3) is 0.261. The molecule has 2 amide bonds. The third kappa shape index (κ3) is 3.62. The lowest BCUT2D eigenvalue weighted by atomic mass is 9.96. The van der Waals surface area contributed by atoms with Gasteiger partial charge in [-0.3, -0.25) is 9.59 Å². The van der Waals surface area contributed by atoms with Crippen LogP contribution in [0, 0.1) is 5.92 Å². The highest BCUT2D eigenvalue weighted by molar-refractivity contribution is 5.97. The molecule has 0 saturated carbocycles. The van der Waals surface area contributed by atoms with E-state index in [0.29, 0.717) is 32.5 Å². The summed E-state index contributed by atoms with van der Waals surface area (Å²) in [6.45, 7) is 5.07. The van der Waals surface area contributed by atoms with Gasteiger partial charge >= 0.3 is 0 Å². The summed E-state index contributed by atoms with van der Waals surface area (Å²) >= 11 is 0. The van der Waals surface area contributed by atoms with Gasteiger partial charge in [0.25, 0.3) is 0 Å². The lowest BCUT2D eigenvalue weighted by Crippen LogP contribution is -2.42. The van der Waals surface area contributed by atoms with Crippen LogP contribution in [0.1, 0.15) is 18.5 Å². The van der Waals surface area contributed by atoms with Gasteiger partial charge in [0.15, 0.2) is 0 Å². The Hall–Kier alpha value is -4.01. The summed E-state index contributed by atoms with van der Waals surface area (Å²) in [5, 5.41) is 12.6. The average Bonchev–Trinajstić information content (AvgIpc) is 3.46. The molecule has 1 saturated heterocycles. The van der Waals surface area contributed by atoms with E-state index in [1.54, 1.807) is 28.1 Å². The second-order valence-corrected chi connectivity index (χ2v) is 7.89. The van der Waals surface area contributed by atoms with Crippen LogP contribution in [0.4, 0.5) is 0 Å². The molecule has 2 N–H and O–H groups in total. The molecular formula is C23H23N7O2. The zero-order valence-corrected chi connectivity index (χ0v) is 17.5. The first-order chi connectivity index (χ1) is 15.6. The molecule has 4 aromatic heterocycles. The second kappa shape index (κ2) is 8.26. The van der Waals surface area contributed by atoms with E-state index in [-0.39, 0.29) is 17.7 Å². The summed E-state index contributed by atoms with van der Waals surface area (Å²) in [7, 11) is 0. The van der Waals surface area contributed by atoms with E-state index < -0.39 is 0 Å². The molecule has 4 aromatic rings. The molecule has 5 heterocycles. The first-order valence-electron chi connectivity index (χ1n) is 10.6. The smallest absolute Gasteiger partial charge is 0.245 e. The number of rotatable bonds is 5. The van der Waals surface area contributed by atoms with Crippen molar-refractivity contribution < 1.29 is 9.59 Å². The Morgan fingerprint density at radius 2 is 2.03 bits per heavy atom. The molecule has 1 aliphatic rings. The Balaban J connectivity index is 1.30. The second-order valence-electron chi connectivity index (χ2n) is 7.89. The molecule has 0 unspecified atom stereocenters. The highest BCUT2D eigenvalue weighted by Gasteiger charge is 2.26. The molecule has 32 heavy (non-hydrogen) atoms. The van der Waals surface area contributed by atoms with E-state index in [9.17, 15) is 9.59 Å². The SMILES string of the molecule is C=CC(=O)N1CCC(C(=O)NCc2cc3c(-c4cnn5ncccc45)ccnc3[nH]2)CC1. The molecule has 0 bridgehead atoms. The predicted octanol–water partition coefficient (Wildman–Crippen LogP) is 2.31. The van der Waals surface area contributed by atoms with Crippen molar-refractivity contribution in [3.05, 3.63) is 61.2 Å². The number of fused-ring (bicyclic) bond motifs is 2. The van der Waals surface area contributed by atoms with E-state index in [1.165, 1.54) is 6.08 Å². The number of amides is 2. The standard InChI is InChI=1S/C23H23N7O2/c1-2-21(31)29-10-6-15(7-11-29)23(32)25-13-16-12-18-17(5-9-24-22(18)28-16)19-14-27-30-20(19)4-3-8-26-30/h2-5,8-9,12,14-15H,1,6-7,10-11,13H2,(H,24,28)(H,25,32). The largest absolute Gasteiger partial charge is 0.350 e. The maximum atomic E-state index is 12.7. The van der Waals surface area contributed by atoms with Crippen LogP contribution in [-0.4, -0.2) is 54.6 Å². The fourth-order valence-electron chi connectivity index (χ4n) is 4.27. The van der Waals surface area contributed by atoms with Gasteiger partial charge in [-0.25, -0.2) is 4.98 Å². The third-order valence-corrected chi connectivity index (χ3v) is 5.99. The molecule has 0 aromatic carbocycles. The van der Waals surface area contributed by atoms with Crippen LogP contribution < -0.4 is 5.32 Å². The molecule has 1 aliphatic heterocycles. The van der Waals surface area contributed by atoms with E-state index in [2.05, 4.69) is 32.1 Å². The van der Waals surface area contributed by atoms with E-state index >= 15 is 0 Å². The van der Waals surface area contributed by atoms with Gasteiger partial charge in [-0.1, -0.05) is 6.58 Å². The highest BCUT2D eigenvalue weighted by Crippen LogP contribution is 2.30. The topological polar surface area (TPSA) is 108 Å². The minimum atomic E-state index is -0.0896. The number of hydrogen-bond acceptors (Lipinski definition) is 5. The number of H-pyrrole nitrogens is 1. The van der Waals surface area contributed by atoms with E-state index in [4.69, 9.17) is 0 Å². The van der Waals surface area contributed by atoms with Crippen LogP contribution in [0.5, 0.6) is 0 Å². The molecule has 162 valence electrons. The molecule has 0 spiro atoms. The van der Waals surface area contributed by atoms with Crippen LogP contribution in [0.15, 0.2) is 55.5 Å². The highest BCUT2D eigenvalue weighted by atomic mass is 16.2. The van der Waals surface area contributed by atoms with Crippen LogP contribution >= 0.6 is 0 Å². The lowest BCUT2D eigenvalue weighted by Gasteiger charge is -2.30. The molecule has 0 atom stereocenters. The maximum absolute atomic E-state index is 12.7. The molecule has 0 radical (unpaired) electrons. The summed E-state index contributed by atoms with van der Waals surface area (Å²) in [5.41, 5.74) is 4.53. The Labute approximate surface area is 184 Å². The number of carbonyl (C=O) groups is 2. The van der Waals surface area contributed by atoms with Gasteiger partial charge in [0.05, 0.1) is 18.3 Å². The summed E-state index contributed by atoms with van der Waals surface area (Å²) in [6.07, 6.45) is 7.90. The number of aromatic amines is 1. The van der Waals surface area contributed by atoms with Crippen LogP contribution in [0.3, 0.4) is 0 Å². The summed E-state index contributed by atoms with van der Waals surface area (Å²) in [4.78, 5) is 33.8. The fourth-order valence-corrected chi connectivity index (χ4v) is 4.27. The molecule has 1 fully saturated rings. The molecule has 9 heteroatoms. The van der Waals surface area contributed by atoms with Crippen LogP contribution in [0.2, 0.25) is 0 Å². The van der Waals surface area contributed by atoms with Crippen molar-refractivity contribution in [2.24, 2.45) is 5.92 Å². The number of nitrogens with zero attached hydrogens (tertiary/aromatic N) is 5. The third-order valence-electron chi connectivity index (χ3n) is 5.99. The van der Waals surface area contributed by atoms with Gasteiger partial charge in [-0.05, 0) is 48.7 Å². The lowest BCUT2D eigenvalue weighted by molar-refractivity contribution is -0.132. The van der Waals surface area contributed by atoms with E-state index in [1.807, 2.05) is 24.3 Å². The summed E-state index contributed by atoms with van der Waals surface area (Å²) in [5.74, 6) is -0.156. The van der Waals surface area contributed by atoms with Crippen molar-refractivity contribution in [1.82, 2.24) is 35.0 Å². The van der Waals surface area contributed by atoms with Gasteiger partial charge in [0.1, 0.15) is 5.65 Å². The van der Waals surface area contributed by atoms with Crippen molar-refractivity contribution in [3.63, 3.8) is 0 Å². The van der Waals surface area contributed by atoms with Crippen molar-refractivity contribution in [1.29, 1.82) is 0 Å². The van der Waals surface area contributed by atoms with Crippen molar-refractivity contribution in [2.45, 2.75) is 19.4 Å². The normalized spacial score (nSPS) is 14.7. The predicted molar refractivity (Wildman–Crippen MR) is 119 cm³/mol. The van der Waals surface area contributed by atoms with Gasteiger partial charge < -0.3 is 15.2 Å². The number of hydrogen-bond donors (Lipinski definition) is 2. The van der Waals surface area contributed by atoms with Crippen molar-refractivity contribution in [2.75, 3.05) is 13.1 Å². The van der Waals surface area contributed by atoms with Crippen LogP contribution in [0.25, 0.3) is 27.7 Å². The number of likely N-dealkylation sites (tertiary alicyclic amines) is 1. The number of nitrogens with one attached hydrogen (secondary N) is 2. The quantitative estimate of drug-likeness (QED) is 0.473. The number of pyridine rings is 1. The number of carbonyl (C=O) groups excluding carboxylic acids is 2. The Morgan fingerprint density at radius 3 is 2.84 bits per heavy atom. The Bertz CT molecular complexity index is 1310. The van der Waals surface area contributed by atoms with Crippen molar-refractivity contribution in [3.8, 4) is 11.1 Å². The first kappa shape index (κ1) is 19.9. The minimum absolute atomic E-state index is 0.0104. The minimum Gasteiger partial charge on any atom is -0.350 e. The molecular weight excluding hydrogens is 406 g/mol. The van der Waals surface area contributed by atoms with Gasteiger partial charge in [0.2, 0.25) is 11.8 Å². The Morgan fingerprint density at radius 1 is 1.19 bits per heavy atom. The maximum Gasteiger partial charge on any atom is 0.245 e. The molecule has 5 rings (SSSR count). The molecule has 9 nitrogen and oxygen atoms in total. The van der Waals surface area contributed by atoms with Gasteiger partial charge in [0, 0.05) is 48.0 Å². The first-order valence-corrected chi connectivity index (χ1v) is 10.6. The zero-order valence-electron chi connectivity index (χ0n) is 17.5. The summed E-state index contributed by atoms with van der Waals surface area (Å²) in [6, 6.07) is 7.84. The van der Waals surface area contributed by atoms with Crippen molar-refractivity contribution >= 4 is 28.4 Å². The van der Waals surface area contributed by atoms with Gasteiger partial charge in [-0.15, -0.1) is 0 Å². The van der Waals surface area contributed by atoms with E-state index in [0.717, 1.165) is 33.4 Å². The monoisotopic (exact) mass is 429 g/mol. The van der Waals surface area contributed by atoms with Gasteiger partial charge in [-0.2, -0.15) is 14.8 Å². The Kier molecular flexibility index (Phi) is 5.14. The molecule has 0 aliphatic carbocycles. The number of aromatic nitrogens is 5.